The van der Waals surface area contributed by atoms with Crippen LogP contribution in [0.15, 0.2) is 42.5 Å². The average Bonchev–Trinajstić information content (AvgIpc) is 2.49. The second-order valence-corrected chi connectivity index (χ2v) is 4.60. The summed E-state index contributed by atoms with van der Waals surface area (Å²) in [6, 6.07) is 11.2. The molecule has 0 aliphatic rings. The van der Waals surface area contributed by atoms with Crippen molar-refractivity contribution in [3.8, 4) is 5.75 Å². The van der Waals surface area contributed by atoms with Crippen molar-refractivity contribution in [1.29, 1.82) is 0 Å². The average molecular weight is 291 g/mol. The van der Waals surface area contributed by atoms with Gasteiger partial charge < -0.3 is 10.1 Å². The molecule has 2 aromatic carbocycles. The Morgan fingerprint density at radius 1 is 1.00 bits per heavy atom. The van der Waals surface area contributed by atoms with Gasteiger partial charge in [-0.25, -0.2) is 8.78 Å². The van der Waals surface area contributed by atoms with E-state index in [1.165, 1.54) is 6.07 Å². The van der Waals surface area contributed by atoms with Crippen molar-refractivity contribution in [1.82, 2.24) is 5.32 Å². The molecule has 0 amide bonds. The third-order valence-corrected chi connectivity index (χ3v) is 3.23. The van der Waals surface area contributed by atoms with Gasteiger partial charge in [0.15, 0.2) is 11.6 Å². The van der Waals surface area contributed by atoms with Crippen molar-refractivity contribution in [2.45, 2.75) is 19.9 Å². The predicted octanol–water partition coefficient (Wildman–Crippen LogP) is 4.06. The Bertz CT molecular complexity index is 601. The lowest BCUT2D eigenvalue weighted by Crippen LogP contribution is -2.24. The molecule has 2 nitrogen and oxygen atoms in total. The molecule has 112 valence electrons. The van der Waals surface area contributed by atoms with Crippen molar-refractivity contribution in [3.63, 3.8) is 0 Å². The first-order valence-electron chi connectivity index (χ1n) is 7.08. The van der Waals surface area contributed by atoms with Crippen LogP contribution in [0.5, 0.6) is 5.75 Å². The third-order valence-electron chi connectivity index (χ3n) is 3.23. The van der Waals surface area contributed by atoms with E-state index in [1.54, 1.807) is 6.07 Å². The third kappa shape index (κ3) is 3.39. The van der Waals surface area contributed by atoms with E-state index < -0.39 is 17.7 Å². The lowest BCUT2D eigenvalue weighted by atomic mass is 9.97. The van der Waals surface area contributed by atoms with Gasteiger partial charge in [0, 0.05) is 11.1 Å². The van der Waals surface area contributed by atoms with Gasteiger partial charge in [0.05, 0.1) is 12.6 Å². The Hall–Kier alpha value is -1.94. The van der Waals surface area contributed by atoms with Gasteiger partial charge in [-0.2, -0.15) is 0 Å². The van der Waals surface area contributed by atoms with Gasteiger partial charge in [-0.3, -0.25) is 0 Å². The lowest BCUT2D eigenvalue weighted by molar-refractivity contribution is 0.333. The van der Waals surface area contributed by atoms with Crippen molar-refractivity contribution in [2.24, 2.45) is 0 Å². The van der Waals surface area contributed by atoms with Gasteiger partial charge in [0.25, 0.3) is 0 Å². The van der Waals surface area contributed by atoms with Crippen molar-refractivity contribution < 1.29 is 13.5 Å². The minimum atomic E-state index is -0.843. The first-order chi connectivity index (χ1) is 10.2. The first kappa shape index (κ1) is 15.4. The van der Waals surface area contributed by atoms with Crippen LogP contribution in [-0.4, -0.2) is 13.2 Å². The van der Waals surface area contributed by atoms with Gasteiger partial charge in [-0.15, -0.1) is 0 Å². The molecule has 0 aliphatic carbocycles. The molecule has 0 spiro atoms. The molecule has 0 bridgehead atoms. The maximum absolute atomic E-state index is 14.1. The van der Waals surface area contributed by atoms with Gasteiger partial charge in [-0.1, -0.05) is 37.3 Å². The van der Waals surface area contributed by atoms with Crippen LogP contribution in [0.1, 0.15) is 31.0 Å². The topological polar surface area (TPSA) is 21.3 Å². The maximum atomic E-state index is 14.1. The Kier molecular flexibility index (Phi) is 5.28. The molecule has 1 N–H and O–H groups in total. The Balaban J connectivity index is 2.51. The summed E-state index contributed by atoms with van der Waals surface area (Å²) in [6.45, 7) is 4.96. The Labute approximate surface area is 123 Å². The zero-order chi connectivity index (χ0) is 15.2. The van der Waals surface area contributed by atoms with Crippen LogP contribution in [0, 0.1) is 11.6 Å². The largest absolute Gasteiger partial charge is 0.494 e. The van der Waals surface area contributed by atoms with Gasteiger partial charge >= 0.3 is 0 Å². The lowest BCUT2D eigenvalue weighted by Gasteiger charge is -2.22. The number of ether oxygens (including phenoxy) is 1. The zero-order valence-electron chi connectivity index (χ0n) is 12.2. The monoisotopic (exact) mass is 291 g/mol. The Morgan fingerprint density at radius 3 is 2.43 bits per heavy atom. The predicted molar refractivity (Wildman–Crippen MR) is 79.5 cm³/mol. The van der Waals surface area contributed by atoms with Gasteiger partial charge in [-0.05, 0) is 25.6 Å². The molecule has 0 radical (unpaired) electrons. The molecule has 4 heteroatoms. The van der Waals surface area contributed by atoms with Crippen molar-refractivity contribution in [3.05, 3.63) is 65.2 Å². The smallest absolute Gasteiger partial charge is 0.163 e. The Morgan fingerprint density at radius 2 is 1.71 bits per heavy atom. The van der Waals surface area contributed by atoms with Crippen LogP contribution in [0.4, 0.5) is 8.78 Å². The number of nitrogens with one attached hydrogen (secondary N) is 1. The van der Waals surface area contributed by atoms with E-state index >= 15 is 0 Å². The van der Waals surface area contributed by atoms with E-state index in [0.29, 0.717) is 18.9 Å². The molecule has 0 saturated carbocycles. The van der Waals surface area contributed by atoms with E-state index in [4.69, 9.17) is 4.74 Å². The summed E-state index contributed by atoms with van der Waals surface area (Å²) in [7, 11) is 0. The molecule has 0 saturated heterocycles. The van der Waals surface area contributed by atoms with Crippen molar-refractivity contribution >= 4 is 0 Å². The summed E-state index contributed by atoms with van der Waals surface area (Å²) < 4.78 is 33.2. The summed E-state index contributed by atoms with van der Waals surface area (Å²) in [4.78, 5) is 0. The molecule has 1 unspecified atom stereocenters. The number of hydrogen-bond acceptors (Lipinski definition) is 2. The summed E-state index contributed by atoms with van der Waals surface area (Å²) in [5, 5.41) is 3.20. The normalized spacial score (nSPS) is 12.2. The van der Waals surface area contributed by atoms with Gasteiger partial charge in [0.1, 0.15) is 5.75 Å². The zero-order valence-corrected chi connectivity index (χ0v) is 12.2. The molecule has 0 fully saturated rings. The highest BCUT2D eigenvalue weighted by molar-refractivity contribution is 5.42. The van der Waals surface area contributed by atoms with Crippen LogP contribution < -0.4 is 10.1 Å². The molecular weight excluding hydrogens is 272 g/mol. The minimum absolute atomic E-state index is 0.281. The van der Waals surface area contributed by atoms with E-state index in [1.807, 2.05) is 38.1 Å². The number of para-hydroxylation sites is 1. The fourth-order valence-electron chi connectivity index (χ4n) is 2.34. The quantitative estimate of drug-likeness (QED) is 0.866. The molecular formula is C17H19F2NO. The molecule has 2 rings (SSSR count). The molecule has 21 heavy (non-hydrogen) atoms. The van der Waals surface area contributed by atoms with Crippen LogP contribution in [0.25, 0.3) is 0 Å². The molecule has 1 atom stereocenters. The van der Waals surface area contributed by atoms with Crippen LogP contribution >= 0.6 is 0 Å². The number of hydrogen-bond donors (Lipinski definition) is 1. The summed E-state index contributed by atoms with van der Waals surface area (Å²) in [5.74, 6) is -0.992. The van der Waals surface area contributed by atoms with Crippen molar-refractivity contribution in [2.75, 3.05) is 13.2 Å². The molecule has 0 aliphatic heterocycles. The fraction of sp³-hybridized carbons (Fsp3) is 0.294. The SMILES string of the molecule is CCNC(c1ccccc1OCC)c1cccc(F)c1F. The van der Waals surface area contributed by atoms with Crippen LogP contribution in [-0.2, 0) is 0 Å². The van der Waals surface area contributed by atoms with E-state index in [9.17, 15) is 8.78 Å². The maximum Gasteiger partial charge on any atom is 0.163 e. The number of halogens is 2. The first-order valence-corrected chi connectivity index (χ1v) is 7.08. The van der Waals surface area contributed by atoms with E-state index in [-0.39, 0.29) is 5.56 Å². The molecule has 2 aromatic rings. The van der Waals surface area contributed by atoms with Gasteiger partial charge in [0.2, 0.25) is 0 Å². The number of rotatable bonds is 6. The molecule has 0 heterocycles. The van der Waals surface area contributed by atoms with Crippen LogP contribution in [0.3, 0.4) is 0 Å². The second kappa shape index (κ2) is 7.18. The second-order valence-electron chi connectivity index (χ2n) is 4.60. The summed E-state index contributed by atoms with van der Waals surface area (Å²) in [5.41, 5.74) is 1.08. The standard InChI is InChI=1S/C17H19F2NO/c1-3-20-17(13-9-7-10-14(18)16(13)19)12-8-5-6-11-15(12)21-4-2/h5-11,17,20H,3-4H2,1-2H3. The highest BCUT2D eigenvalue weighted by Gasteiger charge is 2.22. The summed E-state index contributed by atoms with van der Waals surface area (Å²) in [6.07, 6.45) is 0. The highest BCUT2D eigenvalue weighted by atomic mass is 19.2. The molecule has 0 aromatic heterocycles. The fourth-order valence-corrected chi connectivity index (χ4v) is 2.34. The number of benzene rings is 2. The highest BCUT2D eigenvalue weighted by Crippen LogP contribution is 2.31. The minimum Gasteiger partial charge on any atom is -0.494 e. The van der Waals surface area contributed by atoms with E-state index in [2.05, 4.69) is 5.32 Å². The van der Waals surface area contributed by atoms with Crippen LogP contribution in [0.2, 0.25) is 0 Å². The van der Waals surface area contributed by atoms with E-state index in [0.717, 1.165) is 11.6 Å². The summed E-state index contributed by atoms with van der Waals surface area (Å²) >= 11 is 0.